The Balaban J connectivity index is 1.79. The van der Waals surface area contributed by atoms with Gasteiger partial charge in [0.2, 0.25) is 0 Å². The summed E-state index contributed by atoms with van der Waals surface area (Å²) in [4.78, 5) is 4.28. The van der Waals surface area contributed by atoms with Gasteiger partial charge in [0, 0.05) is 18.9 Å². The van der Waals surface area contributed by atoms with Crippen molar-refractivity contribution in [2.24, 2.45) is 7.05 Å². The fourth-order valence-corrected chi connectivity index (χ4v) is 3.48. The van der Waals surface area contributed by atoms with Crippen molar-refractivity contribution in [3.8, 4) is 0 Å². The fraction of sp³-hybridized carbons (Fsp3) is 0.850. The zero-order valence-corrected chi connectivity index (χ0v) is 17.0. The van der Waals surface area contributed by atoms with E-state index >= 15 is 0 Å². The lowest BCUT2D eigenvalue weighted by molar-refractivity contribution is 0.534. The van der Waals surface area contributed by atoms with Crippen molar-refractivity contribution in [2.45, 2.75) is 103 Å². The molecule has 0 bridgehead atoms. The summed E-state index contributed by atoms with van der Waals surface area (Å²) in [5.74, 6) is 0. The Morgan fingerprint density at radius 1 is 0.783 bits per heavy atom. The molecular weight excluding hydrogens is 348 g/mol. The third kappa shape index (κ3) is 10.2. The number of hydrogen-bond donors (Lipinski definition) is 0. The molecule has 0 spiro atoms. The number of aromatic nitrogens is 2. The molecule has 3 heteroatoms. The van der Waals surface area contributed by atoms with Crippen LogP contribution in [0, 0.1) is 0 Å². The summed E-state index contributed by atoms with van der Waals surface area (Å²) in [6.45, 7) is 2.29. The fourth-order valence-electron chi connectivity index (χ4n) is 3.15. The number of halogens is 1. The first kappa shape index (κ1) is 20.7. The topological polar surface area (TPSA) is 17.8 Å². The predicted octanol–water partition coefficient (Wildman–Crippen LogP) is 7.21. The Labute approximate surface area is 152 Å². The van der Waals surface area contributed by atoms with Gasteiger partial charge in [0.1, 0.15) is 0 Å². The lowest BCUT2D eigenvalue weighted by Crippen LogP contribution is -1.96. The van der Waals surface area contributed by atoms with Crippen molar-refractivity contribution in [2.75, 3.05) is 0 Å². The van der Waals surface area contributed by atoms with Gasteiger partial charge in [-0.2, -0.15) is 0 Å². The van der Waals surface area contributed by atoms with Gasteiger partial charge in [0.15, 0.2) is 4.73 Å². The van der Waals surface area contributed by atoms with Crippen LogP contribution < -0.4 is 0 Å². The van der Waals surface area contributed by atoms with Gasteiger partial charge in [-0.15, -0.1) is 0 Å². The van der Waals surface area contributed by atoms with Crippen LogP contribution in [0.3, 0.4) is 0 Å². The molecule has 1 rings (SSSR count). The molecule has 1 heterocycles. The second kappa shape index (κ2) is 14.1. The lowest BCUT2D eigenvalue weighted by atomic mass is 10.0. The number of aryl methyl sites for hydroxylation is 1. The van der Waals surface area contributed by atoms with E-state index in [0.717, 1.165) is 11.2 Å². The molecular formula is C20H37BrN2. The number of hydrogen-bond acceptors (Lipinski definition) is 1. The van der Waals surface area contributed by atoms with Crippen LogP contribution in [0.25, 0.3) is 0 Å². The Morgan fingerprint density at radius 2 is 1.22 bits per heavy atom. The Hall–Kier alpha value is -0.310. The normalized spacial score (nSPS) is 11.3. The van der Waals surface area contributed by atoms with Gasteiger partial charge in [-0.25, -0.2) is 4.98 Å². The Kier molecular flexibility index (Phi) is 12.7. The van der Waals surface area contributed by atoms with Crippen molar-refractivity contribution in [1.82, 2.24) is 9.55 Å². The second-order valence-corrected chi connectivity index (χ2v) is 7.63. The molecule has 0 saturated heterocycles. The van der Waals surface area contributed by atoms with Crippen LogP contribution in [0.15, 0.2) is 10.9 Å². The summed E-state index contributed by atoms with van der Waals surface area (Å²) in [5, 5.41) is 0. The number of rotatable bonds is 15. The summed E-state index contributed by atoms with van der Waals surface area (Å²) in [7, 11) is 2.08. The van der Waals surface area contributed by atoms with Gasteiger partial charge in [-0.3, -0.25) is 0 Å². The number of imidazole rings is 1. The van der Waals surface area contributed by atoms with Crippen molar-refractivity contribution in [3.63, 3.8) is 0 Å². The van der Waals surface area contributed by atoms with Crippen molar-refractivity contribution in [1.29, 1.82) is 0 Å². The van der Waals surface area contributed by atoms with Crippen molar-refractivity contribution < 1.29 is 0 Å². The molecule has 0 aliphatic rings. The van der Waals surface area contributed by atoms with E-state index in [0.29, 0.717) is 0 Å². The largest absolute Gasteiger partial charge is 0.326 e. The number of nitrogens with zero attached hydrogens (tertiary/aromatic N) is 2. The summed E-state index contributed by atoms with van der Waals surface area (Å²) < 4.78 is 3.08. The molecule has 0 unspecified atom stereocenters. The van der Waals surface area contributed by atoms with E-state index in [-0.39, 0.29) is 0 Å². The summed E-state index contributed by atoms with van der Waals surface area (Å²) >= 11 is 3.45. The maximum Gasteiger partial charge on any atom is 0.177 e. The van der Waals surface area contributed by atoms with Gasteiger partial charge in [0.05, 0.1) is 0 Å². The summed E-state index contributed by atoms with van der Waals surface area (Å²) in [6.07, 6.45) is 23.1. The van der Waals surface area contributed by atoms with E-state index in [4.69, 9.17) is 0 Å². The van der Waals surface area contributed by atoms with Gasteiger partial charge in [-0.1, -0.05) is 90.4 Å². The van der Waals surface area contributed by atoms with Crippen LogP contribution in [-0.2, 0) is 13.5 Å². The van der Waals surface area contributed by atoms with E-state index in [1.54, 1.807) is 0 Å². The van der Waals surface area contributed by atoms with Gasteiger partial charge in [0.25, 0.3) is 0 Å². The SMILES string of the molecule is CCCCCCCCCCCCCCCCc1cnc(Br)n1C. The average Bonchev–Trinajstić information content (AvgIpc) is 2.87. The summed E-state index contributed by atoms with van der Waals surface area (Å²) in [6, 6.07) is 0. The third-order valence-electron chi connectivity index (χ3n) is 4.81. The molecule has 0 radical (unpaired) electrons. The van der Waals surface area contributed by atoms with Crippen LogP contribution in [0.2, 0.25) is 0 Å². The van der Waals surface area contributed by atoms with Crippen LogP contribution in [0.4, 0.5) is 0 Å². The highest BCUT2D eigenvalue weighted by Gasteiger charge is 2.02. The highest BCUT2D eigenvalue weighted by atomic mass is 79.9. The standard InChI is InChI=1S/C20H37BrN2/c1-3-4-5-6-7-8-9-10-11-12-13-14-15-16-17-19-18-22-20(21)23(19)2/h18H,3-17H2,1-2H3. The van der Waals surface area contributed by atoms with E-state index in [2.05, 4.69) is 39.5 Å². The zero-order chi connectivity index (χ0) is 16.8. The average molecular weight is 385 g/mol. The molecule has 0 aromatic carbocycles. The second-order valence-electron chi connectivity index (χ2n) is 6.92. The minimum atomic E-state index is 0.942. The first-order chi connectivity index (χ1) is 11.3. The molecule has 0 atom stereocenters. The molecule has 1 aromatic rings. The monoisotopic (exact) mass is 384 g/mol. The maximum absolute atomic E-state index is 4.28. The Morgan fingerprint density at radius 3 is 1.61 bits per heavy atom. The van der Waals surface area contributed by atoms with Gasteiger partial charge < -0.3 is 4.57 Å². The first-order valence-corrected chi connectivity index (χ1v) is 10.7. The lowest BCUT2D eigenvalue weighted by Gasteiger charge is -2.04. The third-order valence-corrected chi connectivity index (χ3v) is 5.55. The molecule has 1 aromatic heterocycles. The molecule has 134 valence electrons. The highest BCUT2D eigenvalue weighted by Crippen LogP contribution is 2.15. The highest BCUT2D eigenvalue weighted by molar-refractivity contribution is 9.10. The molecule has 0 N–H and O–H groups in total. The zero-order valence-electron chi connectivity index (χ0n) is 15.5. The molecule has 0 aliphatic heterocycles. The van der Waals surface area contributed by atoms with Crippen LogP contribution >= 0.6 is 15.9 Å². The molecule has 0 amide bonds. The van der Waals surface area contributed by atoms with E-state index in [9.17, 15) is 0 Å². The quantitative estimate of drug-likeness (QED) is 0.292. The van der Waals surface area contributed by atoms with Crippen molar-refractivity contribution in [3.05, 3.63) is 16.6 Å². The smallest absolute Gasteiger partial charge is 0.177 e. The van der Waals surface area contributed by atoms with Crippen molar-refractivity contribution >= 4 is 15.9 Å². The van der Waals surface area contributed by atoms with E-state index < -0.39 is 0 Å². The molecule has 0 saturated carbocycles. The molecule has 2 nitrogen and oxygen atoms in total. The van der Waals surface area contributed by atoms with Crippen LogP contribution in [0.5, 0.6) is 0 Å². The van der Waals surface area contributed by atoms with Crippen LogP contribution in [-0.4, -0.2) is 9.55 Å². The van der Waals surface area contributed by atoms with Crippen LogP contribution in [0.1, 0.15) is 103 Å². The molecule has 0 fully saturated rings. The van der Waals surface area contributed by atoms with Gasteiger partial charge >= 0.3 is 0 Å². The Bertz CT molecular complexity index is 387. The minimum absolute atomic E-state index is 0.942. The molecule has 23 heavy (non-hydrogen) atoms. The number of unbranched alkanes of at least 4 members (excludes halogenated alkanes) is 13. The summed E-state index contributed by atoms with van der Waals surface area (Å²) in [5.41, 5.74) is 1.34. The van der Waals surface area contributed by atoms with Gasteiger partial charge in [-0.05, 0) is 28.8 Å². The minimum Gasteiger partial charge on any atom is -0.326 e. The maximum atomic E-state index is 4.28. The predicted molar refractivity (Wildman–Crippen MR) is 105 cm³/mol. The molecule has 0 aliphatic carbocycles. The first-order valence-electron chi connectivity index (χ1n) is 9.91. The van der Waals surface area contributed by atoms with E-state index in [1.807, 2.05) is 6.20 Å². The van der Waals surface area contributed by atoms with E-state index in [1.165, 1.54) is 95.6 Å².